The molecule has 4 amide bonds. The van der Waals surface area contributed by atoms with E-state index < -0.39 is 18.1 Å². The third-order valence-electron chi connectivity index (χ3n) is 6.91. The molecule has 7 heteroatoms. The highest BCUT2D eigenvalue weighted by Gasteiger charge is 2.52. The monoisotopic (exact) mass is 364 g/mol. The number of nitrogens with two attached hydrogens (primary N) is 1. The number of carbonyl (C=O) groups excluding carboxylic acids is 3. The highest BCUT2D eigenvalue weighted by molar-refractivity contribution is 5.93. The van der Waals surface area contributed by atoms with E-state index in [4.69, 9.17) is 5.73 Å². The average molecular weight is 364 g/mol. The molecule has 2 aliphatic carbocycles. The largest absolute Gasteiger partial charge is 0.357 e. The molecule has 4 atom stereocenters. The van der Waals surface area contributed by atoms with Gasteiger partial charge in [-0.25, -0.2) is 4.79 Å². The highest BCUT2D eigenvalue weighted by atomic mass is 16.2. The maximum Gasteiger partial charge on any atom is 0.312 e. The summed E-state index contributed by atoms with van der Waals surface area (Å²) in [7, 11) is 1.62. The summed E-state index contributed by atoms with van der Waals surface area (Å²) in [5.41, 5.74) is 5.10. The van der Waals surface area contributed by atoms with Gasteiger partial charge in [-0.3, -0.25) is 9.59 Å². The number of carbonyl (C=O) groups is 3. The second-order valence-corrected chi connectivity index (χ2v) is 8.56. The topological polar surface area (TPSA) is 105 Å². The molecule has 4 N–H and O–H groups in total. The molecular formula is C19H32N4O3. The number of amides is 4. The molecule has 2 saturated carbocycles. The summed E-state index contributed by atoms with van der Waals surface area (Å²) in [6.45, 7) is 2.67. The molecule has 0 unspecified atom stereocenters. The van der Waals surface area contributed by atoms with Crippen LogP contribution in [-0.4, -0.2) is 48.4 Å². The standard InChI is InChI=1S/C19H32N4O3/c1-19(9-4-3-5-10-19)15(22-18(20)26)17(25)23-11-12-7-6-8-13(12)14(23)16(24)21-2/h12-15H,3-11H2,1-2H3,(H,21,24)(H3,20,22,26)/t12-,13-,14-,15+/m0/s1. The zero-order valence-corrected chi connectivity index (χ0v) is 15.9. The van der Waals surface area contributed by atoms with Crippen molar-refractivity contribution < 1.29 is 14.4 Å². The van der Waals surface area contributed by atoms with Gasteiger partial charge in [0.05, 0.1) is 0 Å². The van der Waals surface area contributed by atoms with E-state index in [2.05, 4.69) is 17.6 Å². The number of fused-ring (bicyclic) bond motifs is 1. The van der Waals surface area contributed by atoms with Gasteiger partial charge >= 0.3 is 6.03 Å². The Bertz CT molecular complexity index is 573. The van der Waals surface area contributed by atoms with Gasteiger partial charge in [0.15, 0.2) is 0 Å². The van der Waals surface area contributed by atoms with Crippen LogP contribution in [0.1, 0.15) is 58.3 Å². The third kappa shape index (κ3) is 3.40. The predicted molar refractivity (Wildman–Crippen MR) is 98.1 cm³/mol. The second kappa shape index (κ2) is 7.45. The number of likely N-dealkylation sites (tertiary alicyclic amines) is 1. The fourth-order valence-electron chi connectivity index (χ4n) is 5.51. The molecule has 0 aromatic carbocycles. The minimum Gasteiger partial charge on any atom is -0.357 e. The first-order valence-corrected chi connectivity index (χ1v) is 9.95. The molecule has 7 nitrogen and oxygen atoms in total. The summed E-state index contributed by atoms with van der Waals surface area (Å²) in [6, 6.07) is -1.76. The van der Waals surface area contributed by atoms with E-state index in [0.717, 1.165) is 51.4 Å². The zero-order valence-electron chi connectivity index (χ0n) is 15.9. The summed E-state index contributed by atoms with van der Waals surface area (Å²) in [4.78, 5) is 39.5. The van der Waals surface area contributed by atoms with Gasteiger partial charge in [-0.15, -0.1) is 0 Å². The van der Waals surface area contributed by atoms with Crippen molar-refractivity contribution in [2.75, 3.05) is 13.6 Å². The summed E-state index contributed by atoms with van der Waals surface area (Å²) in [5.74, 6) is 0.373. The van der Waals surface area contributed by atoms with Gasteiger partial charge in [0, 0.05) is 13.6 Å². The lowest BCUT2D eigenvalue weighted by Crippen LogP contribution is -2.60. The Labute approximate surface area is 155 Å². The Balaban J connectivity index is 1.87. The third-order valence-corrected chi connectivity index (χ3v) is 6.91. The Kier molecular flexibility index (Phi) is 5.44. The van der Waals surface area contributed by atoms with Gasteiger partial charge in [-0.1, -0.05) is 32.6 Å². The number of hydrogen-bond donors (Lipinski definition) is 3. The normalized spacial score (nSPS) is 31.2. The van der Waals surface area contributed by atoms with Crippen molar-refractivity contribution in [3.63, 3.8) is 0 Å². The number of likely N-dealkylation sites (N-methyl/N-ethyl adjacent to an activating group) is 1. The van der Waals surface area contributed by atoms with E-state index in [0.29, 0.717) is 12.5 Å². The fourth-order valence-corrected chi connectivity index (χ4v) is 5.51. The summed E-state index contributed by atoms with van der Waals surface area (Å²) >= 11 is 0. The first kappa shape index (κ1) is 19.0. The smallest absolute Gasteiger partial charge is 0.312 e. The van der Waals surface area contributed by atoms with Crippen LogP contribution in [0, 0.1) is 17.3 Å². The van der Waals surface area contributed by atoms with Gasteiger partial charge in [-0.05, 0) is 42.9 Å². The zero-order chi connectivity index (χ0) is 18.9. The SMILES string of the molecule is CNC(=O)[C@@H]1[C@H]2CCC[C@H]2CN1C(=O)[C@@H](NC(N)=O)C1(C)CCCCC1. The van der Waals surface area contributed by atoms with E-state index in [1.54, 1.807) is 11.9 Å². The molecule has 3 rings (SSSR count). The Morgan fingerprint density at radius 3 is 2.42 bits per heavy atom. The highest BCUT2D eigenvalue weighted by Crippen LogP contribution is 2.44. The quantitative estimate of drug-likeness (QED) is 0.701. The molecule has 1 aliphatic heterocycles. The van der Waals surface area contributed by atoms with Crippen LogP contribution in [0.4, 0.5) is 4.79 Å². The van der Waals surface area contributed by atoms with E-state index in [-0.39, 0.29) is 23.1 Å². The maximum atomic E-state index is 13.5. The van der Waals surface area contributed by atoms with Crippen molar-refractivity contribution in [3.8, 4) is 0 Å². The van der Waals surface area contributed by atoms with Crippen LogP contribution in [0.2, 0.25) is 0 Å². The van der Waals surface area contributed by atoms with E-state index in [9.17, 15) is 14.4 Å². The van der Waals surface area contributed by atoms with E-state index in [1.165, 1.54) is 0 Å². The first-order chi connectivity index (χ1) is 12.4. The van der Waals surface area contributed by atoms with Gasteiger partial charge in [0.1, 0.15) is 12.1 Å². The number of urea groups is 1. The molecule has 0 aromatic rings. The van der Waals surface area contributed by atoms with E-state index >= 15 is 0 Å². The van der Waals surface area contributed by atoms with Crippen molar-refractivity contribution in [2.24, 2.45) is 23.0 Å². The summed E-state index contributed by atoms with van der Waals surface area (Å²) in [5, 5.41) is 5.45. The molecular weight excluding hydrogens is 332 g/mol. The van der Waals surface area contributed by atoms with Crippen LogP contribution in [0.5, 0.6) is 0 Å². The number of primary amides is 1. The second-order valence-electron chi connectivity index (χ2n) is 8.56. The van der Waals surface area contributed by atoms with Crippen LogP contribution in [-0.2, 0) is 9.59 Å². The van der Waals surface area contributed by atoms with Gasteiger partial charge < -0.3 is 21.3 Å². The first-order valence-electron chi connectivity index (χ1n) is 9.95. The lowest BCUT2D eigenvalue weighted by Gasteiger charge is -2.42. The molecule has 3 aliphatic rings. The van der Waals surface area contributed by atoms with Gasteiger partial charge in [-0.2, -0.15) is 0 Å². The number of rotatable bonds is 4. The van der Waals surface area contributed by atoms with Crippen LogP contribution >= 0.6 is 0 Å². The molecule has 0 aromatic heterocycles. The number of hydrogen-bond acceptors (Lipinski definition) is 3. The van der Waals surface area contributed by atoms with Gasteiger partial charge in [0.25, 0.3) is 0 Å². The molecule has 1 heterocycles. The van der Waals surface area contributed by atoms with Crippen molar-refractivity contribution in [2.45, 2.75) is 70.4 Å². The van der Waals surface area contributed by atoms with Crippen LogP contribution in [0.15, 0.2) is 0 Å². The van der Waals surface area contributed by atoms with Crippen LogP contribution in [0.25, 0.3) is 0 Å². The molecule has 1 saturated heterocycles. The molecule has 0 bridgehead atoms. The minimum absolute atomic E-state index is 0.0978. The number of nitrogens with zero attached hydrogens (tertiary/aromatic N) is 1. The van der Waals surface area contributed by atoms with Crippen molar-refractivity contribution in [1.82, 2.24) is 15.5 Å². The molecule has 0 radical (unpaired) electrons. The predicted octanol–water partition coefficient (Wildman–Crippen LogP) is 1.37. The molecule has 0 spiro atoms. The maximum absolute atomic E-state index is 13.5. The van der Waals surface area contributed by atoms with Crippen molar-refractivity contribution in [3.05, 3.63) is 0 Å². The Hall–Kier alpha value is -1.79. The average Bonchev–Trinajstić information content (AvgIpc) is 3.19. The number of nitrogens with one attached hydrogen (secondary N) is 2. The molecule has 26 heavy (non-hydrogen) atoms. The Morgan fingerprint density at radius 1 is 1.12 bits per heavy atom. The van der Waals surface area contributed by atoms with Crippen LogP contribution < -0.4 is 16.4 Å². The summed E-state index contributed by atoms with van der Waals surface area (Å²) < 4.78 is 0. The Morgan fingerprint density at radius 2 is 1.81 bits per heavy atom. The van der Waals surface area contributed by atoms with E-state index in [1.807, 2.05) is 0 Å². The molecule has 146 valence electrons. The lowest BCUT2D eigenvalue weighted by atomic mass is 9.70. The van der Waals surface area contributed by atoms with Crippen molar-refractivity contribution >= 4 is 17.8 Å². The fraction of sp³-hybridized carbons (Fsp3) is 0.842. The summed E-state index contributed by atoms with van der Waals surface area (Å²) in [6.07, 6.45) is 8.18. The lowest BCUT2D eigenvalue weighted by molar-refractivity contribution is -0.143. The minimum atomic E-state index is -0.675. The van der Waals surface area contributed by atoms with Crippen molar-refractivity contribution in [1.29, 1.82) is 0 Å². The van der Waals surface area contributed by atoms with Gasteiger partial charge in [0.2, 0.25) is 11.8 Å². The molecule has 3 fully saturated rings. The van der Waals surface area contributed by atoms with Crippen LogP contribution in [0.3, 0.4) is 0 Å².